The monoisotopic (exact) mass is 436 g/mol. The molecule has 0 bridgehead atoms. The number of rotatable bonds is 9. The van der Waals surface area contributed by atoms with Gasteiger partial charge in [0.05, 0.1) is 19.4 Å². The molecule has 27 heavy (non-hydrogen) atoms. The normalized spacial score (nSPS) is 10.6. The van der Waals surface area contributed by atoms with Gasteiger partial charge in [0.15, 0.2) is 29.6 Å². The predicted molar refractivity (Wildman–Crippen MR) is 106 cm³/mol. The van der Waals surface area contributed by atoms with Crippen molar-refractivity contribution in [3.05, 3.63) is 46.4 Å². The van der Waals surface area contributed by atoms with Crippen molar-refractivity contribution >= 4 is 28.1 Å². The molecule has 2 aromatic carbocycles. The van der Waals surface area contributed by atoms with Crippen LogP contribution in [0.25, 0.3) is 0 Å². The van der Waals surface area contributed by atoms with E-state index in [2.05, 4.69) is 26.5 Å². The first kappa shape index (κ1) is 20.6. The molecule has 2 aromatic rings. The molecule has 0 saturated heterocycles. The lowest BCUT2D eigenvalue weighted by molar-refractivity contribution is -0.123. The number of phenols is 1. The minimum absolute atomic E-state index is 0.0556. The fraction of sp³-hybridized carbons (Fsp3) is 0.263. The maximum atomic E-state index is 11.9. The molecule has 0 aliphatic carbocycles. The van der Waals surface area contributed by atoms with Crippen molar-refractivity contribution in [1.82, 2.24) is 5.43 Å². The van der Waals surface area contributed by atoms with E-state index in [1.54, 1.807) is 30.3 Å². The summed E-state index contributed by atoms with van der Waals surface area (Å²) < 4.78 is 17.0. The fourth-order valence-corrected chi connectivity index (χ4v) is 2.61. The average Bonchev–Trinajstić information content (AvgIpc) is 2.65. The van der Waals surface area contributed by atoms with Crippen molar-refractivity contribution in [1.29, 1.82) is 0 Å². The van der Waals surface area contributed by atoms with E-state index >= 15 is 0 Å². The third-order valence-corrected chi connectivity index (χ3v) is 3.73. The number of amides is 1. The van der Waals surface area contributed by atoms with Crippen molar-refractivity contribution in [2.75, 3.05) is 19.8 Å². The van der Waals surface area contributed by atoms with Gasteiger partial charge in [0.2, 0.25) is 0 Å². The van der Waals surface area contributed by atoms with Gasteiger partial charge < -0.3 is 19.3 Å². The smallest absolute Gasteiger partial charge is 0.277 e. The number of hydrogen-bond acceptors (Lipinski definition) is 6. The number of carbonyl (C=O) groups excluding carboxylic acids is 1. The molecule has 0 aromatic heterocycles. The highest BCUT2D eigenvalue weighted by Gasteiger charge is 2.10. The molecule has 1 amide bonds. The van der Waals surface area contributed by atoms with Crippen LogP contribution in [0.4, 0.5) is 0 Å². The second-order valence-corrected chi connectivity index (χ2v) is 6.15. The van der Waals surface area contributed by atoms with Gasteiger partial charge in [-0.3, -0.25) is 4.79 Å². The number of carbonyl (C=O) groups is 1. The summed E-state index contributed by atoms with van der Waals surface area (Å²) in [5.74, 6) is 0.871. The van der Waals surface area contributed by atoms with Gasteiger partial charge in [0.25, 0.3) is 5.91 Å². The standard InChI is InChI=1S/C19H21BrN2O5/c1-3-25-15-7-5-6-8-16(15)27-12-18(23)22-21-11-13-9-14(20)10-17(19(13)24)26-4-2/h5-11,24H,3-4,12H2,1-2H3,(H,22,23)/b21-11-. The van der Waals surface area contributed by atoms with Crippen molar-refractivity contribution in [2.45, 2.75) is 13.8 Å². The van der Waals surface area contributed by atoms with E-state index in [0.29, 0.717) is 40.5 Å². The fourth-order valence-electron chi connectivity index (χ4n) is 2.15. The summed E-state index contributed by atoms with van der Waals surface area (Å²) in [5, 5.41) is 14.0. The molecule has 7 nitrogen and oxygen atoms in total. The Balaban J connectivity index is 1.94. The average molecular weight is 437 g/mol. The van der Waals surface area contributed by atoms with Gasteiger partial charge in [-0.25, -0.2) is 5.43 Å². The molecular formula is C19H21BrN2O5. The third-order valence-electron chi connectivity index (χ3n) is 3.27. The number of nitrogens with one attached hydrogen (secondary N) is 1. The molecule has 0 aliphatic rings. The van der Waals surface area contributed by atoms with Crippen LogP contribution in [0.3, 0.4) is 0 Å². The number of nitrogens with zero attached hydrogens (tertiary/aromatic N) is 1. The van der Waals surface area contributed by atoms with E-state index in [-0.39, 0.29) is 12.4 Å². The van der Waals surface area contributed by atoms with Gasteiger partial charge in [0.1, 0.15) is 0 Å². The van der Waals surface area contributed by atoms with Crippen LogP contribution in [-0.2, 0) is 4.79 Å². The van der Waals surface area contributed by atoms with Gasteiger partial charge in [-0.05, 0) is 38.1 Å². The number of hydrogen-bond donors (Lipinski definition) is 2. The van der Waals surface area contributed by atoms with Crippen molar-refractivity contribution in [3.63, 3.8) is 0 Å². The molecule has 0 unspecified atom stereocenters. The summed E-state index contributed by atoms with van der Waals surface area (Å²) >= 11 is 3.34. The second kappa shape index (κ2) is 10.4. The first-order chi connectivity index (χ1) is 13.0. The van der Waals surface area contributed by atoms with Gasteiger partial charge in [0, 0.05) is 10.0 Å². The zero-order chi connectivity index (χ0) is 19.6. The number of hydrazone groups is 1. The van der Waals surface area contributed by atoms with Gasteiger partial charge in [-0.15, -0.1) is 0 Å². The number of para-hydroxylation sites is 2. The number of phenolic OH excluding ortho intramolecular Hbond substituents is 1. The molecule has 0 radical (unpaired) electrons. The van der Waals surface area contributed by atoms with Crippen LogP contribution >= 0.6 is 15.9 Å². The zero-order valence-electron chi connectivity index (χ0n) is 15.1. The Labute approximate surface area is 166 Å². The zero-order valence-corrected chi connectivity index (χ0v) is 16.7. The maximum absolute atomic E-state index is 11.9. The lowest BCUT2D eigenvalue weighted by atomic mass is 10.2. The van der Waals surface area contributed by atoms with Crippen molar-refractivity contribution in [3.8, 4) is 23.0 Å². The molecule has 0 fully saturated rings. The minimum atomic E-state index is -0.447. The lowest BCUT2D eigenvalue weighted by Gasteiger charge is -2.10. The number of halogens is 1. The number of ether oxygens (including phenoxy) is 3. The maximum Gasteiger partial charge on any atom is 0.277 e. The molecule has 0 spiro atoms. The van der Waals surface area contributed by atoms with E-state index in [9.17, 15) is 9.90 Å². The molecule has 0 heterocycles. The summed E-state index contributed by atoms with van der Waals surface area (Å²) in [4.78, 5) is 11.9. The largest absolute Gasteiger partial charge is 0.504 e. The van der Waals surface area contributed by atoms with Crippen LogP contribution in [0.5, 0.6) is 23.0 Å². The molecule has 2 N–H and O–H groups in total. The molecule has 8 heteroatoms. The molecule has 0 atom stereocenters. The van der Waals surface area contributed by atoms with E-state index in [0.717, 1.165) is 0 Å². The van der Waals surface area contributed by atoms with Crippen LogP contribution in [0.1, 0.15) is 19.4 Å². The quantitative estimate of drug-likeness (QED) is 0.463. The van der Waals surface area contributed by atoms with E-state index < -0.39 is 5.91 Å². The summed E-state index contributed by atoms with van der Waals surface area (Å²) in [6, 6.07) is 10.4. The molecule has 2 rings (SSSR count). The van der Waals surface area contributed by atoms with E-state index in [1.165, 1.54) is 6.21 Å². The van der Waals surface area contributed by atoms with Crippen LogP contribution in [0.2, 0.25) is 0 Å². The van der Waals surface area contributed by atoms with E-state index in [4.69, 9.17) is 14.2 Å². The van der Waals surface area contributed by atoms with Crippen molar-refractivity contribution < 1.29 is 24.1 Å². The van der Waals surface area contributed by atoms with Crippen LogP contribution < -0.4 is 19.6 Å². The molecule has 144 valence electrons. The van der Waals surface area contributed by atoms with Crippen molar-refractivity contribution in [2.24, 2.45) is 5.10 Å². The summed E-state index contributed by atoms with van der Waals surface area (Å²) in [5.41, 5.74) is 2.75. The summed E-state index contributed by atoms with van der Waals surface area (Å²) in [7, 11) is 0. The Bertz CT molecular complexity index is 811. The number of benzene rings is 2. The highest BCUT2D eigenvalue weighted by Crippen LogP contribution is 2.32. The minimum Gasteiger partial charge on any atom is -0.504 e. The first-order valence-electron chi connectivity index (χ1n) is 8.37. The van der Waals surface area contributed by atoms with Crippen LogP contribution in [0.15, 0.2) is 46.0 Å². The Morgan fingerprint density at radius 3 is 2.41 bits per heavy atom. The lowest BCUT2D eigenvalue weighted by Crippen LogP contribution is -2.24. The predicted octanol–water partition coefficient (Wildman–Crippen LogP) is 3.48. The van der Waals surface area contributed by atoms with Crippen LogP contribution in [-0.4, -0.2) is 37.0 Å². The van der Waals surface area contributed by atoms with Gasteiger partial charge in [-0.2, -0.15) is 5.10 Å². The summed E-state index contributed by atoms with van der Waals surface area (Å²) in [6.45, 7) is 4.37. The van der Waals surface area contributed by atoms with Gasteiger partial charge in [-0.1, -0.05) is 28.1 Å². The van der Waals surface area contributed by atoms with E-state index in [1.807, 2.05) is 19.9 Å². The Morgan fingerprint density at radius 1 is 1.11 bits per heavy atom. The second-order valence-electron chi connectivity index (χ2n) is 5.24. The molecular weight excluding hydrogens is 416 g/mol. The SMILES string of the molecule is CCOc1ccccc1OCC(=O)N/N=C\c1cc(Br)cc(OCC)c1O. The van der Waals surface area contributed by atoms with Crippen LogP contribution in [0, 0.1) is 0 Å². The Hall–Kier alpha value is -2.74. The highest BCUT2D eigenvalue weighted by atomic mass is 79.9. The number of aromatic hydroxyl groups is 1. The van der Waals surface area contributed by atoms with Gasteiger partial charge >= 0.3 is 0 Å². The third kappa shape index (κ3) is 6.18. The molecule has 0 saturated carbocycles. The topological polar surface area (TPSA) is 89.4 Å². The Morgan fingerprint density at radius 2 is 1.74 bits per heavy atom. The molecule has 0 aliphatic heterocycles. The summed E-state index contributed by atoms with van der Waals surface area (Å²) in [6.07, 6.45) is 1.33. The Kier molecular flexibility index (Phi) is 7.94. The first-order valence-corrected chi connectivity index (χ1v) is 9.16. The highest BCUT2D eigenvalue weighted by molar-refractivity contribution is 9.10.